The minimum absolute atomic E-state index is 0.0732. The lowest BCUT2D eigenvalue weighted by Gasteiger charge is -2.08. The van der Waals surface area contributed by atoms with Crippen LogP contribution in [0.5, 0.6) is 5.75 Å². The van der Waals surface area contributed by atoms with E-state index in [1.165, 1.54) is 10.6 Å². The van der Waals surface area contributed by atoms with E-state index in [1.807, 2.05) is 0 Å². The Bertz CT molecular complexity index is 657. The number of hydrogen-bond acceptors (Lipinski definition) is 3. The third-order valence-corrected chi connectivity index (χ3v) is 2.94. The van der Waals surface area contributed by atoms with Gasteiger partial charge >= 0.3 is 11.7 Å². The number of aryl methyl sites for hydroxylation is 2. The Labute approximate surface area is 115 Å². The summed E-state index contributed by atoms with van der Waals surface area (Å²) >= 11 is 0. The second kappa shape index (κ2) is 6.10. The Hall–Kier alpha value is -2.50. The lowest BCUT2D eigenvalue weighted by Crippen LogP contribution is -2.22. The second-order valence-corrected chi connectivity index (χ2v) is 4.39. The van der Waals surface area contributed by atoms with Crippen LogP contribution in [-0.4, -0.2) is 26.8 Å². The third-order valence-electron chi connectivity index (χ3n) is 2.94. The van der Waals surface area contributed by atoms with Crippen LogP contribution in [0.25, 0.3) is 0 Å². The number of carboxylic acid groups (broad SMARTS) is 1. The number of carboxylic acids is 1. The number of para-hydroxylation sites is 1. The average Bonchev–Trinajstić information content (AvgIpc) is 2.75. The Kier molecular flexibility index (Phi) is 4.24. The minimum atomic E-state index is -1.01. The predicted molar refractivity (Wildman–Crippen MR) is 73.2 cm³/mol. The summed E-state index contributed by atoms with van der Waals surface area (Å²) in [6.07, 6.45) is 4.04. The summed E-state index contributed by atoms with van der Waals surface area (Å²) in [4.78, 5) is 22.6. The number of aromatic nitrogens is 2. The standard InChI is InChI=1S/C14H16N2O4/c1-15-8-9-16(14(15)19)7-4-10-20-12-6-3-2-5-11(12)13(17)18/h2-3,5-6,8-9H,4,7,10H2,1H3,(H,17,18). The SMILES string of the molecule is Cn1ccn(CCCOc2ccccc2C(=O)O)c1=O. The van der Waals surface area contributed by atoms with Gasteiger partial charge < -0.3 is 14.4 Å². The maximum Gasteiger partial charge on any atom is 0.339 e. The molecule has 0 fully saturated rings. The summed E-state index contributed by atoms with van der Waals surface area (Å²) in [5.74, 6) is -0.666. The molecule has 6 nitrogen and oxygen atoms in total. The molecule has 6 heteroatoms. The highest BCUT2D eigenvalue weighted by Gasteiger charge is 2.09. The van der Waals surface area contributed by atoms with Gasteiger partial charge in [0, 0.05) is 26.0 Å². The van der Waals surface area contributed by atoms with Crippen LogP contribution < -0.4 is 10.4 Å². The van der Waals surface area contributed by atoms with E-state index in [9.17, 15) is 9.59 Å². The van der Waals surface area contributed by atoms with Crippen molar-refractivity contribution >= 4 is 5.97 Å². The van der Waals surface area contributed by atoms with E-state index in [0.717, 1.165) is 0 Å². The van der Waals surface area contributed by atoms with Crippen LogP contribution in [0.15, 0.2) is 41.5 Å². The van der Waals surface area contributed by atoms with Gasteiger partial charge in [0.1, 0.15) is 11.3 Å². The fraction of sp³-hybridized carbons (Fsp3) is 0.286. The highest BCUT2D eigenvalue weighted by Crippen LogP contribution is 2.17. The molecule has 0 saturated carbocycles. The van der Waals surface area contributed by atoms with E-state index in [1.54, 1.807) is 42.2 Å². The summed E-state index contributed by atoms with van der Waals surface area (Å²) in [6, 6.07) is 6.50. The van der Waals surface area contributed by atoms with Crippen molar-refractivity contribution in [3.63, 3.8) is 0 Å². The Morgan fingerprint density at radius 1 is 1.30 bits per heavy atom. The molecule has 0 unspecified atom stereocenters. The first-order chi connectivity index (χ1) is 9.59. The molecule has 0 aliphatic carbocycles. The molecule has 2 aromatic rings. The van der Waals surface area contributed by atoms with Gasteiger partial charge in [-0.05, 0) is 18.6 Å². The zero-order valence-corrected chi connectivity index (χ0v) is 11.2. The second-order valence-electron chi connectivity index (χ2n) is 4.39. The number of benzene rings is 1. The lowest BCUT2D eigenvalue weighted by atomic mass is 10.2. The lowest BCUT2D eigenvalue weighted by molar-refractivity contribution is 0.0692. The number of carbonyl (C=O) groups is 1. The van der Waals surface area contributed by atoms with Gasteiger partial charge in [-0.2, -0.15) is 0 Å². The van der Waals surface area contributed by atoms with E-state index < -0.39 is 5.97 Å². The summed E-state index contributed by atoms with van der Waals surface area (Å²) in [5, 5.41) is 9.01. The smallest absolute Gasteiger partial charge is 0.339 e. The molecule has 0 radical (unpaired) electrons. The topological polar surface area (TPSA) is 73.5 Å². The van der Waals surface area contributed by atoms with E-state index in [2.05, 4.69) is 0 Å². The monoisotopic (exact) mass is 276 g/mol. The molecule has 0 aliphatic heterocycles. The number of hydrogen-bond donors (Lipinski definition) is 1. The van der Waals surface area contributed by atoms with Crippen LogP contribution in [0.2, 0.25) is 0 Å². The summed E-state index contributed by atoms with van der Waals surface area (Å²) in [5.41, 5.74) is 0.0697. The quantitative estimate of drug-likeness (QED) is 0.808. The number of imidazole rings is 1. The molecule has 2 rings (SSSR count). The van der Waals surface area contributed by atoms with Crippen molar-refractivity contribution in [1.29, 1.82) is 0 Å². The third kappa shape index (κ3) is 3.09. The molecule has 0 saturated heterocycles. The highest BCUT2D eigenvalue weighted by molar-refractivity contribution is 5.90. The van der Waals surface area contributed by atoms with Crippen LogP contribution >= 0.6 is 0 Å². The van der Waals surface area contributed by atoms with Crippen molar-refractivity contribution < 1.29 is 14.6 Å². The average molecular weight is 276 g/mol. The zero-order valence-electron chi connectivity index (χ0n) is 11.2. The van der Waals surface area contributed by atoms with Gasteiger partial charge in [-0.3, -0.25) is 4.57 Å². The molecule has 1 N–H and O–H groups in total. The van der Waals surface area contributed by atoms with Crippen molar-refractivity contribution in [2.24, 2.45) is 7.05 Å². The fourth-order valence-electron chi connectivity index (χ4n) is 1.87. The first-order valence-corrected chi connectivity index (χ1v) is 6.26. The first-order valence-electron chi connectivity index (χ1n) is 6.26. The molecule has 0 atom stereocenters. The molecule has 0 spiro atoms. The van der Waals surface area contributed by atoms with Crippen molar-refractivity contribution in [2.75, 3.05) is 6.61 Å². The van der Waals surface area contributed by atoms with E-state index in [0.29, 0.717) is 25.3 Å². The molecule has 1 heterocycles. The molecule has 20 heavy (non-hydrogen) atoms. The van der Waals surface area contributed by atoms with Crippen molar-refractivity contribution in [2.45, 2.75) is 13.0 Å². The zero-order chi connectivity index (χ0) is 14.5. The number of nitrogens with zero attached hydrogens (tertiary/aromatic N) is 2. The highest BCUT2D eigenvalue weighted by atomic mass is 16.5. The Balaban J connectivity index is 1.89. The van der Waals surface area contributed by atoms with Crippen molar-refractivity contribution in [1.82, 2.24) is 9.13 Å². The molecule has 0 amide bonds. The molecule has 1 aromatic heterocycles. The predicted octanol–water partition coefficient (Wildman–Crippen LogP) is 1.35. The van der Waals surface area contributed by atoms with Crippen LogP contribution in [0.3, 0.4) is 0 Å². The van der Waals surface area contributed by atoms with Gasteiger partial charge in [-0.25, -0.2) is 9.59 Å². The minimum Gasteiger partial charge on any atom is -0.493 e. The molecule has 1 aromatic carbocycles. The summed E-state index contributed by atoms with van der Waals surface area (Å²) in [6.45, 7) is 0.889. The summed E-state index contributed by atoms with van der Waals surface area (Å²) < 4.78 is 8.55. The Morgan fingerprint density at radius 3 is 2.70 bits per heavy atom. The van der Waals surface area contributed by atoms with Crippen LogP contribution in [0, 0.1) is 0 Å². The van der Waals surface area contributed by atoms with Gasteiger partial charge in [0.05, 0.1) is 6.61 Å². The number of rotatable bonds is 6. The molecule has 0 aliphatic rings. The van der Waals surface area contributed by atoms with Crippen LogP contribution in [0.1, 0.15) is 16.8 Å². The van der Waals surface area contributed by atoms with Gasteiger partial charge in [-0.1, -0.05) is 12.1 Å². The van der Waals surface area contributed by atoms with E-state index in [-0.39, 0.29) is 11.3 Å². The number of aromatic carboxylic acids is 1. The van der Waals surface area contributed by atoms with Crippen LogP contribution in [0.4, 0.5) is 0 Å². The largest absolute Gasteiger partial charge is 0.493 e. The maximum atomic E-state index is 11.6. The van der Waals surface area contributed by atoms with Gasteiger partial charge in [0.15, 0.2) is 0 Å². The van der Waals surface area contributed by atoms with Gasteiger partial charge in [0.25, 0.3) is 0 Å². The van der Waals surface area contributed by atoms with Crippen molar-refractivity contribution in [3.05, 3.63) is 52.7 Å². The number of ether oxygens (including phenoxy) is 1. The van der Waals surface area contributed by atoms with E-state index >= 15 is 0 Å². The van der Waals surface area contributed by atoms with Crippen LogP contribution in [-0.2, 0) is 13.6 Å². The Morgan fingerprint density at radius 2 is 2.05 bits per heavy atom. The molecular formula is C14H16N2O4. The van der Waals surface area contributed by atoms with Gasteiger partial charge in [0.2, 0.25) is 0 Å². The van der Waals surface area contributed by atoms with E-state index in [4.69, 9.17) is 9.84 Å². The maximum absolute atomic E-state index is 11.6. The first kappa shape index (κ1) is 13.9. The fourth-order valence-corrected chi connectivity index (χ4v) is 1.87. The molecule has 106 valence electrons. The van der Waals surface area contributed by atoms with Crippen molar-refractivity contribution in [3.8, 4) is 5.75 Å². The summed E-state index contributed by atoms with van der Waals surface area (Å²) in [7, 11) is 1.69. The molecular weight excluding hydrogens is 260 g/mol. The van der Waals surface area contributed by atoms with Gasteiger partial charge in [-0.15, -0.1) is 0 Å². The normalized spacial score (nSPS) is 10.4. The molecule has 0 bridgehead atoms.